The number of aromatic hydroxyl groups is 1. The number of benzene rings is 1. The Balaban J connectivity index is 3.52. The van der Waals surface area contributed by atoms with Crippen LogP contribution in [-0.2, 0) is 0 Å². The van der Waals surface area contributed by atoms with E-state index in [1.165, 1.54) is 0 Å². The summed E-state index contributed by atoms with van der Waals surface area (Å²) < 4.78 is 13.0. The number of ketones is 1. The van der Waals surface area contributed by atoms with E-state index < -0.39 is 39.4 Å². The van der Waals surface area contributed by atoms with Crippen LogP contribution >= 0.6 is 11.6 Å². The Hall–Kier alpha value is -1.69. The SMILES string of the molecule is O=C(CCl)c1c(O)ccc(F)c1[N+](=O)[O-]. The van der Waals surface area contributed by atoms with Crippen LogP contribution in [0.4, 0.5) is 10.1 Å². The zero-order valence-corrected chi connectivity index (χ0v) is 7.99. The van der Waals surface area contributed by atoms with Gasteiger partial charge >= 0.3 is 5.69 Å². The van der Waals surface area contributed by atoms with E-state index >= 15 is 0 Å². The van der Waals surface area contributed by atoms with E-state index in [0.29, 0.717) is 6.07 Å². The third kappa shape index (κ3) is 2.04. The summed E-state index contributed by atoms with van der Waals surface area (Å²) >= 11 is 5.18. The van der Waals surface area contributed by atoms with Gasteiger partial charge < -0.3 is 5.11 Å². The summed E-state index contributed by atoms with van der Waals surface area (Å²) in [6.07, 6.45) is 0. The van der Waals surface area contributed by atoms with Gasteiger partial charge in [0.25, 0.3) is 0 Å². The maximum atomic E-state index is 13.0. The van der Waals surface area contributed by atoms with Gasteiger partial charge in [0.15, 0.2) is 5.78 Å². The molecule has 0 radical (unpaired) electrons. The first-order valence-corrected chi connectivity index (χ1v) is 4.27. The number of hydrogen-bond donors (Lipinski definition) is 1. The Morgan fingerprint density at radius 1 is 1.60 bits per heavy atom. The molecule has 0 amide bonds. The van der Waals surface area contributed by atoms with Crippen LogP contribution in [0, 0.1) is 15.9 Å². The van der Waals surface area contributed by atoms with Crippen molar-refractivity contribution >= 4 is 23.1 Å². The van der Waals surface area contributed by atoms with E-state index in [1.807, 2.05) is 0 Å². The minimum Gasteiger partial charge on any atom is -0.507 e. The van der Waals surface area contributed by atoms with Crippen molar-refractivity contribution in [3.63, 3.8) is 0 Å². The molecule has 15 heavy (non-hydrogen) atoms. The van der Waals surface area contributed by atoms with Crippen molar-refractivity contribution in [3.8, 4) is 5.75 Å². The number of alkyl halides is 1. The first-order chi connectivity index (χ1) is 6.99. The number of rotatable bonds is 3. The van der Waals surface area contributed by atoms with Crippen LogP contribution in [0.15, 0.2) is 12.1 Å². The Kier molecular flexibility index (Phi) is 3.21. The maximum Gasteiger partial charge on any atom is 0.319 e. The van der Waals surface area contributed by atoms with Gasteiger partial charge in [0.1, 0.15) is 11.3 Å². The Labute approximate surface area is 88.2 Å². The number of Topliss-reactive ketones (excluding diaryl/α,β-unsaturated/α-hetero) is 1. The van der Waals surface area contributed by atoms with E-state index in [2.05, 4.69) is 0 Å². The lowest BCUT2D eigenvalue weighted by Gasteiger charge is -2.03. The molecule has 0 saturated heterocycles. The molecule has 0 unspecified atom stereocenters. The van der Waals surface area contributed by atoms with Gasteiger partial charge in [-0.25, -0.2) is 0 Å². The topological polar surface area (TPSA) is 80.4 Å². The predicted octanol–water partition coefficient (Wildman–Crippen LogP) is 1.86. The van der Waals surface area contributed by atoms with Crippen LogP contribution in [0.1, 0.15) is 10.4 Å². The third-order valence-electron chi connectivity index (χ3n) is 1.69. The molecular weight excluding hydrogens is 229 g/mol. The highest BCUT2D eigenvalue weighted by Crippen LogP contribution is 2.30. The fourth-order valence-corrected chi connectivity index (χ4v) is 1.21. The van der Waals surface area contributed by atoms with Crippen LogP contribution in [0.25, 0.3) is 0 Å². The minimum absolute atomic E-state index is 0.572. The second-order valence-electron chi connectivity index (χ2n) is 2.60. The van der Waals surface area contributed by atoms with Gasteiger partial charge in [-0.05, 0) is 12.1 Å². The largest absolute Gasteiger partial charge is 0.507 e. The lowest BCUT2D eigenvalue weighted by Crippen LogP contribution is -2.07. The van der Waals surface area contributed by atoms with Crippen molar-refractivity contribution in [2.45, 2.75) is 0 Å². The normalized spacial score (nSPS) is 10.0. The average Bonchev–Trinajstić information content (AvgIpc) is 2.19. The summed E-state index contributed by atoms with van der Waals surface area (Å²) in [5.74, 6) is -3.32. The van der Waals surface area contributed by atoms with Gasteiger partial charge in [-0.3, -0.25) is 14.9 Å². The standard InChI is InChI=1S/C8H5ClFNO4/c9-3-6(13)7-5(12)2-1-4(10)8(7)11(14)15/h1-2,12H,3H2. The van der Waals surface area contributed by atoms with Crippen molar-refractivity contribution in [2.75, 3.05) is 5.88 Å². The van der Waals surface area contributed by atoms with Crippen LogP contribution < -0.4 is 0 Å². The highest BCUT2D eigenvalue weighted by Gasteiger charge is 2.28. The lowest BCUT2D eigenvalue weighted by atomic mass is 10.1. The molecule has 80 valence electrons. The number of nitro groups is 1. The molecule has 0 spiro atoms. The van der Waals surface area contributed by atoms with E-state index in [1.54, 1.807) is 0 Å². The quantitative estimate of drug-likeness (QED) is 0.374. The molecule has 0 saturated carbocycles. The third-order valence-corrected chi connectivity index (χ3v) is 1.93. The Morgan fingerprint density at radius 2 is 2.20 bits per heavy atom. The summed E-state index contributed by atoms with van der Waals surface area (Å²) in [4.78, 5) is 20.5. The van der Waals surface area contributed by atoms with Crippen molar-refractivity contribution in [1.29, 1.82) is 0 Å². The molecule has 1 aromatic carbocycles. The summed E-state index contributed by atoms with van der Waals surface area (Å²) in [6, 6.07) is 1.57. The van der Waals surface area contributed by atoms with Crippen LogP contribution in [0.3, 0.4) is 0 Å². The second-order valence-corrected chi connectivity index (χ2v) is 2.87. The first-order valence-electron chi connectivity index (χ1n) is 3.74. The number of carbonyl (C=O) groups excluding carboxylic acids is 1. The number of phenols is 1. The number of phenolic OH excluding ortho intramolecular Hbond substituents is 1. The van der Waals surface area contributed by atoms with Gasteiger partial charge in [-0.2, -0.15) is 4.39 Å². The molecule has 5 nitrogen and oxygen atoms in total. The minimum atomic E-state index is -1.19. The number of nitrogens with zero attached hydrogens (tertiary/aromatic N) is 1. The fraction of sp³-hybridized carbons (Fsp3) is 0.125. The summed E-state index contributed by atoms with van der Waals surface area (Å²) in [7, 11) is 0. The van der Waals surface area contributed by atoms with E-state index in [9.17, 15) is 24.4 Å². The van der Waals surface area contributed by atoms with E-state index in [-0.39, 0.29) is 0 Å². The Bertz CT molecular complexity index is 435. The van der Waals surface area contributed by atoms with Crippen LogP contribution in [0.5, 0.6) is 5.75 Å². The lowest BCUT2D eigenvalue weighted by molar-refractivity contribution is -0.387. The van der Waals surface area contributed by atoms with Gasteiger partial charge in [0.05, 0.1) is 10.8 Å². The fourth-order valence-electron chi connectivity index (χ4n) is 1.08. The van der Waals surface area contributed by atoms with Crippen molar-refractivity contribution < 1.29 is 19.2 Å². The zero-order valence-electron chi connectivity index (χ0n) is 7.24. The monoisotopic (exact) mass is 233 g/mol. The molecular formula is C8H5ClFNO4. The van der Waals surface area contributed by atoms with Gasteiger partial charge in [0.2, 0.25) is 5.82 Å². The number of nitro benzene ring substituents is 1. The molecule has 0 aliphatic carbocycles. The molecule has 7 heteroatoms. The first kappa shape index (κ1) is 11.4. The Morgan fingerprint density at radius 3 is 2.67 bits per heavy atom. The zero-order chi connectivity index (χ0) is 11.6. The number of halogens is 2. The predicted molar refractivity (Wildman–Crippen MR) is 49.8 cm³/mol. The molecule has 0 aliphatic heterocycles. The summed E-state index contributed by atoms with van der Waals surface area (Å²) in [6.45, 7) is 0. The average molecular weight is 234 g/mol. The number of hydrogen-bond acceptors (Lipinski definition) is 4. The second kappa shape index (κ2) is 4.22. The smallest absolute Gasteiger partial charge is 0.319 e. The molecule has 0 heterocycles. The van der Waals surface area contributed by atoms with Gasteiger partial charge in [0, 0.05) is 0 Å². The molecule has 0 aliphatic rings. The molecule has 1 rings (SSSR count). The van der Waals surface area contributed by atoms with Gasteiger partial charge in [-0.1, -0.05) is 0 Å². The molecule has 0 fully saturated rings. The van der Waals surface area contributed by atoms with Crippen molar-refractivity contribution in [2.24, 2.45) is 0 Å². The van der Waals surface area contributed by atoms with E-state index in [4.69, 9.17) is 11.6 Å². The highest BCUT2D eigenvalue weighted by atomic mass is 35.5. The van der Waals surface area contributed by atoms with Crippen LogP contribution in [-0.4, -0.2) is 21.7 Å². The molecule has 0 atom stereocenters. The van der Waals surface area contributed by atoms with Crippen molar-refractivity contribution in [3.05, 3.63) is 33.6 Å². The maximum absolute atomic E-state index is 13.0. The number of carbonyl (C=O) groups is 1. The van der Waals surface area contributed by atoms with Crippen LogP contribution in [0.2, 0.25) is 0 Å². The summed E-state index contributed by atoms with van der Waals surface area (Å²) in [5, 5.41) is 19.7. The highest BCUT2D eigenvalue weighted by molar-refractivity contribution is 6.31. The van der Waals surface area contributed by atoms with Crippen molar-refractivity contribution in [1.82, 2.24) is 0 Å². The molecule has 0 bridgehead atoms. The van der Waals surface area contributed by atoms with E-state index in [0.717, 1.165) is 6.07 Å². The molecule has 0 aromatic heterocycles. The van der Waals surface area contributed by atoms with Gasteiger partial charge in [-0.15, -0.1) is 11.6 Å². The molecule has 1 aromatic rings. The molecule has 1 N–H and O–H groups in total. The summed E-state index contributed by atoms with van der Waals surface area (Å²) in [5.41, 5.74) is -1.75.